The molecule has 0 aliphatic heterocycles. The minimum absolute atomic E-state index is 0.344. The van der Waals surface area contributed by atoms with Crippen molar-refractivity contribution in [1.29, 1.82) is 0 Å². The van der Waals surface area contributed by atoms with Gasteiger partial charge in [-0.3, -0.25) is 4.79 Å². The van der Waals surface area contributed by atoms with Crippen molar-refractivity contribution in [3.05, 3.63) is 30.7 Å². The third-order valence-corrected chi connectivity index (χ3v) is 1.63. The number of rotatable bonds is 2. The lowest BCUT2D eigenvalue weighted by Crippen LogP contribution is -2.07. The van der Waals surface area contributed by atoms with Gasteiger partial charge in [0.15, 0.2) is 0 Å². The molecule has 1 aromatic carbocycles. The van der Waals surface area contributed by atoms with Crippen molar-refractivity contribution >= 4 is 11.6 Å². The van der Waals surface area contributed by atoms with Crippen LogP contribution in [-0.4, -0.2) is 13.0 Å². The Kier molecular flexibility index (Phi) is 2.90. The molecule has 0 unspecified atom stereocenters. The molecule has 13 heavy (non-hydrogen) atoms. The quantitative estimate of drug-likeness (QED) is 0.749. The number of amides is 1. The number of nitrogens with one attached hydrogen (secondary N) is 1. The number of hydrogen-bond donors (Lipinski definition) is 1. The topological polar surface area (TPSA) is 38.3 Å². The lowest BCUT2D eigenvalue weighted by molar-refractivity contribution is -0.112. The number of anilines is 1. The summed E-state index contributed by atoms with van der Waals surface area (Å²) >= 11 is 0. The van der Waals surface area contributed by atoms with E-state index in [9.17, 15) is 4.79 Å². The van der Waals surface area contributed by atoms with E-state index in [1.165, 1.54) is 0 Å². The van der Waals surface area contributed by atoms with E-state index in [0.717, 1.165) is 5.56 Å². The second kappa shape index (κ2) is 3.94. The van der Waals surface area contributed by atoms with Crippen LogP contribution in [0, 0.1) is 13.8 Å². The largest absolute Gasteiger partial charge is 0.495 e. The molecule has 0 fully saturated rings. The highest BCUT2D eigenvalue weighted by Crippen LogP contribution is 2.24. The van der Waals surface area contributed by atoms with E-state index in [-0.39, 0.29) is 5.91 Å². The second-order valence-corrected chi connectivity index (χ2v) is 2.75. The average Bonchev–Trinajstić information content (AvgIpc) is 2.03. The molecule has 1 radical (unpaired) electrons. The van der Waals surface area contributed by atoms with Gasteiger partial charge in [0.05, 0.1) is 12.8 Å². The molecule has 3 heteroatoms. The molecule has 0 heterocycles. The van der Waals surface area contributed by atoms with Gasteiger partial charge in [0.2, 0.25) is 5.91 Å². The van der Waals surface area contributed by atoms with Crippen molar-refractivity contribution < 1.29 is 9.53 Å². The van der Waals surface area contributed by atoms with Gasteiger partial charge in [0, 0.05) is 6.92 Å². The van der Waals surface area contributed by atoms with E-state index in [0.29, 0.717) is 11.4 Å². The Morgan fingerprint density at radius 1 is 1.54 bits per heavy atom. The van der Waals surface area contributed by atoms with Crippen LogP contribution in [-0.2, 0) is 4.79 Å². The van der Waals surface area contributed by atoms with Crippen molar-refractivity contribution in [2.24, 2.45) is 0 Å². The van der Waals surface area contributed by atoms with Crippen molar-refractivity contribution in [2.45, 2.75) is 6.92 Å². The Balaban J connectivity index is 3.01. The fourth-order valence-electron chi connectivity index (χ4n) is 1.07. The first kappa shape index (κ1) is 9.58. The number of benzene rings is 1. The van der Waals surface area contributed by atoms with E-state index >= 15 is 0 Å². The number of methoxy groups -OCH3 is 1. The maximum Gasteiger partial charge on any atom is 0.224 e. The number of hydrogen-bond acceptors (Lipinski definition) is 2. The molecule has 0 aromatic heterocycles. The molecule has 1 aromatic rings. The zero-order valence-corrected chi connectivity index (χ0v) is 7.76. The summed E-state index contributed by atoms with van der Waals surface area (Å²) in [5, 5.41) is 2.59. The smallest absolute Gasteiger partial charge is 0.224 e. The second-order valence-electron chi connectivity index (χ2n) is 2.75. The van der Waals surface area contributed by atoms with Gasteiger partial charge in [-0.15, -0.1) is 0 Å². The molecule has 0 saturated heterocycles. The predicted octanol–water partition coefficient (Wildman–Crippen LogP) is 1.78. The van der Waals surface area contributed by atoms with Gasteiger partial charge in [0.25, 0.3) is 0 Å². The van der Waals surface area contributed by atoms with Crippen LogP contribution in [0.4, 0.5) is 5.69 Å². The first-order chi connectivity index (χ1) is 6.13. The summed E-state index contributed by atoms with van der Waals surface area (Å²) < 4.78 is 5.06. The molecule has 1 N–H and O–H groups in total. The van der Waals surface area contributed by atoms with Crippen molar-refractivity contribution in [2.75, 3.05) is 12.4 Å². The van der Waals surface area contributed by atoms with Gasteiger partial charge in [-0.05, 0) is 24.6 Å². The van der Waals surface area contributed by atoms with Crippen LogP contribution >= 0.6 is 0 Å². The van der Waals surface area contributed by atoms with Gasteiger partial charge in [-0.1, -0.05) is 6.07 Å². The van der Waals surface area contributed by atoms with Crippen LogP contribution in [0.2, 0.25) is 0 Å². The van der Waals surface area contributed by atoms with Crippen LogP contribution in [0.25, 0.3) is 0 Å². The van der Waals surface area contributed by atoms with Crippen molar-refractivity contribution in [3.8, 4) is 5.75 Å². The summed E-state index contributed by atoms with van der Waals surface area (Å²) in [7, 11) is 1.56. The molecule has 0 bridgehead atoms. The Bertz CT molecular complexity index is 321. The van der Waals surface area contributed by atoms with Gasteiger partial charge < -0.3 is 10.1 Å². The molecular weight excluding hydrogens is 166 g/mol. The molecule has 1 rings (SSSR count). The van der Waals surface area contributed by atoms with E-state index in [1.54, 1.807) is 13.2 Å². The normalized spacial score (nSPS) is 9.46. The molecule has 1 amide bonds. The minimum atomic E-state index is -0.344. The molecule has 0 saturated carbocycles. The van der Waals surface area contributed by atoms with Crippen LogP contribution in [0.1, 0.15) is 5.56 Å². The Morgan fingerprint density at radius 3 is 2.77 bits per heavy atom. The number of carbonyl (C=O) groups excluding carboxylic acids is 1. The fourth-order valence-corrected chi connectivity index (χ4v) is 1.07. The van der Waals surface area contributed by atoms with Gasteiger partial charge in [0.1, 0.15) is 5.75 Å². The standard InChI is InChI=1S/C10H12NO2/c1-7-4-5-10(13-3)9(6-7)11-8(2)12/h4-6H,2H2,1,3H3,(H,11,12). The van der Waals surface area contributed by atoms with Crippen LogP contribution < -0.4 is 10.1 Å². The molecule has 0 aliphatic rings. The van der Waals surface area contributed by atoms with Crippen LogP contribution in [0.5, 0.6) is 5.75 Å². The summed E-state index contributed by atoms with van der Waals surface area (Å²) in [5.74, 6) is 0.298. The SMILES string of the molecule is [CH2]C(=O)Nc1cc(C)ccc1OC. The van der Waals surface area contributed by atoms with Gasteiger partial charge >= 0.3 is 0 Å². The first-order valence-corrected chi connectivity index (χ1v) is 3.91. The summed E-state index contributed by atoms with van der Waals surface area (Å²) in [4.78, 5) is 10.7. The molecule has 0 spiro atoms. The summed E-state index contributed by atoms with van der Waals surface area (Å²) in [6.45, 7) is 5.18. The molecule has 0 aliphatic carbocycles. The average molecular weight is 178 g/mol. The summed E-state index contributed by atoms with van der Waals surface area (Å²) in [6.07, 6.45) is 0. The zero-order valence-electron chi connectivity index (χ0n) is 7.76. The Hall–Kier alpha value is -1.51. The Morgan fingerprint density at radius 2 is 2.23 bits per heavy atom. The third kappa shape index (κ3) is 2.47. The maximum atomic E-state index is 10.7. The zero-order chi connectivity index (χ0) is 9.84. The highest BCUT2D eigenvalue weighted by molar-refractivity contribution is 5.95. The summed E-state index contributed by atoms with van der Waals surface area (Å²) in [5.41, 5.74) is 1.71. The number of aryl methyl sites for hydroxylation is 1. The predicted molar refractivity (Wildman–Crippen MR) is 51.7 cm³/mol. The molecule has 69 valence electrons. The highest BCUT2D eigenvalue weighted by Gasteiger charge is 2.03. The number of ether oxygens (including phenoxy) is 1. The maximum absolute atomic E-state index is 10.7. The lowest BCUT2D eigenvalue weighted by atomic mass is 10.2. The Labute approximate surface area is 77.7 Å². The van der Waals surface area contributed by atoms with Crippen molar-refractivity contribution in [1.82, 2.24) is 0 Å². The number of carbonyl (C=O) groups is 1. The van der Waals surface area contributed by atoms with E-state index in [4.69, 9.17) is 4.74 Å². The van der Waals surface area contributed by atoms with Gasteiger partial charge in [-0.2, -0.15) is 0 Å². The van der Waals surface area contributed by atoms with Gasteiger partial charge in [-0.25, -0.2) is 0 Å². The van der Waals surface area contributed by atoms with E-state index in [1.807, 2.05) is 19.1 Å². The lowest BCUT2D eigenvalue weighted by Gasteiger charge is -2.08. The minimum Gasteiger partial charge on any atom is -0.495 e. The first-order valence-electron chi connectivity index (χ1n) is 3.91. The van der Waals surface area contributed by atoms with E-state index in [2.05, 4.69) is 12.2 Å². The van der Waals surface area contributed by atoms with Crippen LogP contribution in [0.3, 0.4) is 0 Å². The fraction of sp³-hybridized carbons (Fsp3) is 0.200. The van der Waals surface area contributed by atoms with Crippen molar-refractivity contribution in [3.63, 3.8) is 0 Å². The monoisotopic (exact) mass is 178 g/mol. The van der Waals surface area contributed by atoms with E-state index < -0.39 is 0 Å². The highest BCUT2D eigenvalue weighted by atomic mass is 16.5. The molecule has 0 atom stereocenters. The summed E-state index contributed by atoms with van der Waals surface area (Å²) in [6, 6.07) is 5.56. The van der Waals surface area contributed by atoms with Crippen LogP contribution in [0.15, 0.2) is 18.2 Å². The molecule has 3 nitrogen and oxygen atoms in total. The third-order valence-electron chi connectivity index (χ3n) is 1.63. The molecular formula is C10H12NO2.